The van der Waals surface area contributed by atoms with Gasteiger partial charge in [0.15, 0.2) is 5.65 Å². The van der Waals surface area contributed by atoms with E-state index in [2.05, 4.69) is 17.3 Å². The van der Waals surface area contributed by atoms with E-state index in [4.69, 9.17) is 4.98 Å². The molecule has 142 valence electrons. The fourth-order valence-electron chi connectivity index (χ4n) is 3.62. The molecule has 0 unspecified atom stereocenters. The number of rotatable bonds is 4. The number of nitrogens with one attached hydrogen (secondary N) is 1. The average molecular weight is 372 g/mol. The molecule has 1 amide bonds. The van der Waals surface area contributed by atoms with Gasteiger partial charge in [0.1, 0.15) is 0 Å². The Hall–Kier alpha value is -3.21. The second-order valence-corrected chi connectivity index (χ2v) is 7.36. The molecular weight excluding hydrogens is 348 g/mol. The Balaban J connectivity index is 1.56. The minimum absolute atomic E-state index is 0.00720. The van der Waals surface area contributed by atoms with Crippen molar-refractivity contribution in [3.63, 3.8) is 0 Å². The molecule has 0 aliphatic heterocycles. The molecule has 5 heteroatoms. The van der Waals surface area contributed by atoms with Crippen molar-refractivity contribution in [1.29, 1.82) is 0 Å². The van der Waals surface area contributed by atoms with Gasteiger partial charge < -0.3 is 5.32 Å². The summed E-state index contributed by atoms with van der Waals surface area (Å²) >= 11 is 0. The van der Waals surface area contributed by atoms with Gasteiger partial charge in [-0.25, -0.2) is 9.50 Å². The standard InChI is InChI=1S/C23H24N4O/c1-14-9-10-18(13-15(14)2)25-22(28)12-11-19-16(3)24-23-20-7-5-6-8-21(20)26-27(23)17(19)4/h5-10,13H,11-12H2,1-4H3,(H,25,28). The molecule has 0 spiro atoms. The lowest BCUT2D eigenvalue weighted by atomic mass is 10.1. The smallest absolute Gasteiger partial charge is 0.224 e. The molecule has 0 saturated heterocycles. The molecule has 2 aromatic carbocycles. The molecular formula is C23H24N4O. The molecule has 2 heterocycles. The van der Waals surface area contributed by atoms with Gasteiger partial charge in [0.2, 0.25) is 5.91 Å². The van der Waals surface area contributed by atoms with Crippen LogP contribution in [-0.4, -0.2) is 20.5 Å². The number of carbonyl (C=O) groups is 1. The van der Waals surface area contributed by atoms with Crippen molar-refractivity contribution < 1.29 is 4.79 Å². The van der Waals surface area contributed by atoms with Gasteiger partial charge in [0.25, 0.3) is 0 Å². The number of amides is 1. The number of aromatic nitrogens is 3. The van der Waals surface area contributed by atoms with Crippen molar-refractivity contribution in [3.05, 3.63) is 70.5 Å². The van der Waals surface area contributed by atoms with Crippen LogP contribution in [0.4, 0.5) is 5.69 Å². The van der Waals surface area contributed by atoms with Crippen molar-refractivity contribution in [1.82, 2.24) is 14.6 Å². The Morgan fingerprint density at radius 3 is 2.61 bits per heavy atom. The van der Waals surface area contributed by atoms with E-state index in [1.54, 1.807) is 0 Å². The second kappa shape index (κ2) is 7.08. The zero-order valence-electron chi connectivity index (χ0n) is 16.7. The summed E-state index contributed by atoms with van der Waals surface area (Å²) in [5, 5.41) is 8.73. The van der Waals surface area contributed by atoms with Crippen LogP contribution >= 0.6 is 0 Å². The van der Waals surface area contributed by atoms with E-state index < -0.39 is 0 Å². The Kier molecular flexibility index (Phi) is 4.59. The molecule has 0 bridgehead atoms. The third-order valence-corrected chi connectivity index (χ3v) is 5.41. The van der Waals surface area contributed by atoms with Gasteiger partial charge in [-0.15, -0.1) is 0 Å². The first kappa shape index (κ1) is 18.2. The largest absolute Gasteiger partial charge is 0.326 e. The lowest BCUT2D eigenvalue weighted by molar-refractivity contribution is -0.116. The van der Waals surface area contributed by atoms with Crippen LogP contribution in [0, 0.1) is 27.7 Å². The predicted molar refractivity (Wildman–Crippen MR) is 113 cm³/mol. The molecule has 0 radical (unpaired) electrons. The highest BCUT2D eigenvalue weighted by molar-refractivity contribution is 5.92. The summed E-state index contributed by atoms with van der Waals surface area (Å²) in [6, 6.07) is 14.0. The topological polar surface area (TPSA) is 59.3 Å². The summed E-state index contributed by atoms with van der Waals surface area (Å²) in [5.74, 6) is 0.00720. The van der Waals surface area contributed by atoms with Crippen LogP contribution in [-0.2, 0) is 11.2 Å². The fraction of sp³-hybridized carbons (Fsp3) is 0.261. The van der Waals surface area contributed by atoms with Crippen LogP contribution in [0.2, 0.25) is 0 Å². The maximum Gasteiger partial charge on any atom is 0.224 e. The van der Waals surface area contributed by atoms with Crippen molar-refractivity contribution in [2.24, 2.45) is 0 Å². The predicted octanol–water partition coefficient (Wildman–Crippen LogP) is 4.69. The second-order valence-electron chi connectivity index (χ2n) is 7.36. The normalized spacial score (nSPS) is 11.3. The first-order valence-corrected chi connectivity index (χ1v) is 9.54. The van der Waals surface area contributed by atoms with Crippen LogP contribution in [0.1, 0.15) is 34.5 Å². The van der Waals surface area contributed by atoms with Gasteiger partial charge in [0, 0.05) is 28.9 Å². The molecule has 0 aliphatic carbocycles. The first-order chi connectivity index (χ1) is 13.4. The maximum absolute atomic E-state index is 12.5. The highest BCUT2D eigenvalue weighted by Gasteiger charge is 2.15. The zero-order chi connectivity index (χ0) is 19.8. The number of aryl methyl sites for hydroxylation is 4. The van der Waals surface area contributed by atoms with Gasteiger partial charge in [0.05, 0.1) is 5.52 Å². The monoisotopic (exact) mass is 372 g/mol. The van der Waals surface area contributed by atoms with Crippen LogP contribution in [0.5, 0.6) is 0 Å². The van der Waals surface area contributed by atoms with Crippen LogP contribution in [0.25, 0.3) is 16.6 Å². The Bertz CT molecular complexity index is 1210. The Morgan fingerprint density at radius 2 is 1.82 bits per heavy atom. The van der Waals surface area contributed by atoms with Gasteiger partial charge in [-0.05, 0) is 75.1 Å². The minimum atomic E-state index is 0.00720. The number of benzene rings is 2. The highest BCUT2D eigenvalue weighted by Crippen LogP contribution is 2.23. The SMILES string of the molecule is Cc1ccc(NC(=O)CCc2c(C)nc3c4ccccc4nn3c2C)cc1C. The molecule has 5 nitrogen and oxygen atoms in total. The van der Waals surface area contributed by atoms with Crippen LogP contribution < -0.4 is 5.32 Å². The van der Waals surface area contributed by atoms with E-state index in [1.165, 1.54) is 11.1 Å². The third kappa shape index (κ3) is 3.24. The lowest BCUT2D eigenvalue weighted by Crippen LogP contribution is -2.14. The molecule has 0 atom stereocenters. The van der Waals surface area contributed by atoms with E-state index in [9.17, 15) is 4.79 Å². The first-order valence-electron chi connectivity index (χ1n) is 9.54. The number of hydrogen-bond donors (Lipinski definition) is 1. The number of anilines is 1. The zero-order valence-corrected chi connectivity index (χ0v) is 16.7. The summed E-state index contributed by atoms with van der Waals surface area (Å²) < 4.78 is 1.90. The van der Waals surface area contributed by atoms with Crippen LogP contribution in [0.3, 0.4) is 0 Å². The fourth-order valence-corrected chi connectivity index (χ4v) is 3.62. The molecule has 28 heavy (non-hydrogen) atoms. The van der Waals surface area contributed by atoms with Gasteiger partial charge >= 0.3 is 0 Å². The van der Waals surface area contributed by atoms with E-state index in [-0.39, 0.29) is 5.91 Å². The van der Waals surface area contributed by atoms with E-state index in [0.29, 0.717) is 12.8 Å². The summed E-state index contributed by atoms with van der Waals surface area (Å²) in [6.07, 6.45) is 1.04. The summed E-state index contributed by atoms with van der Waals surface area (Å²) in [4.78, 5) is 17.2. The lowest BCUT2D eigenvalue weighted by Gasteiger charge is -2.12. The molecule has 0 saturated carbocycles. The number of hydrogen-bond acceptors (Lipinski definition) is 3. The number of carbonyl (C=O) groups excluding carboxylic acids is 1. The van der Waals surface area contributed by atoms with E-state index in [0.717, 1.165) is 39.2 Å². The maximum atomic E-state index is 12.5. The quantitative estimate of drug-likeness (QED) is 0.565. The molecule has 0 aliphatic rings. The van der Waals surface area contributed by atoms with E-state index >= 15 is 0 Å². The average Bonchev–Trinajstić information content (AvgIpc) is 3.03. The van der Waals surface area contributed by atoms with Gasteiger partial charge in [-0.2, -0.15) is 5.10 Å². The van der Waals surface area contributed by atoms with Gasteiger partial charge in [-0.3, -0.25) is 4.79 Å². The van der Waals surface area contributed by atoms with Crippen molar-refractivity contribution >= 4 is 28.1 Å². The van der Waals surface area contributed by atoms with Crippen LogP contribution in [0.15, 0.2) is 42.5 Å². The molecule has 1 N–H and O–H groups in total. The third-order valence-electron chi connectivity index (χ3n) is 5.41. The molecule has 4 aromatic rings. The Morgan fingerprint density at radius 1 is 1.04 bits per heavy atom. The molecule has 2 aromatic heterocycles. The highest BCUT2D eigenvalue weighted by atomic mass is 16.1. The summed E-state index contributed by atoms with van der Waals surface area (Å²) in [7, 11) is 0. The van der Waals surface area contributed by atoms with E-state index in [1.807, 2.05) is 67.8 Å². The van der Waals surface area contributed by atoms with Crippen molar-refractivity contribution in [2.75, 3.05) is 5.32 Å². The number of fused-ring (bicyclic) bond motifs is 3. The number of nitrogens with zero attached hydrogens (tertiary/aromatic N) is 3. The summed E-state index contributed by atoms with van der Waals surface area (Å²) in [5.41, 5.74) is 8.10. The molecule has 4 rings (SSSR count). The van der Waals surface area contributed by atoms with Crippen molar-refractivity contribution in [3.8, 4) is 0 Å². The minimum Gasteiger partial charge on any atom is -0.326 e. The Labute approximate surface area is 164 Å². The van der Waals surface area contributed by atoms with Crippen molar-refractivity contribution in [2.45, 2.75) is 40.5 Å². The van der Waals surface area contributed by atoms with Gasteiger partial charge in [-0.1, -0.05) is 18.2 Å². The molecule has 0 fully saturated rings. The summed E-state index contributed by atoms with van der Waals surface area (Å²) in [6.45, 7) is 8.16.